The summed E-state index contributed by atoms with van der Waals surface area (Å²) in [6.07, 6.45) is -3.02. The molecule has 0 saturated carbocycles. The molecule has 0 N–H and O–H groups in total. The first-order chi connectivity index (χ1) is 8.05. The molecule has 1 fully saturated rings. The van der Waals surface area contributed by atoms with Gasteiger partial charge in [0.2, 0.25) is 0 Å². The van der Waals surface area contributed by atoms with Crippen molar-refractivity contribution in [3.63, 3.8) is 0 Å². The molecule has 17 heavy (non-hydrogen) atoms. The van der Waals surface area contributed by atoms with Crippen LogP contribution in [0.5, 0.6) is 5.75 Å². The number of hydrogen-bond donors (Lipinski definition) is 0. The molecule has 1 aromatic carbocycles. The fourth-order valence-corrected chi connectivity index (χ4v) is 1.67. The Morgan fingerprint density at radius 3 is 2.59 bits per heavy atom. The monoisotopic (exact) mass is 245 g/mol. The zero-order valence-corrected chi connectivity index (χ0v) is 9.09. The maximum absolute atomic E-state index is 12.5. The normalized spacial score (nSPS) is 18.1. The van der Waals surface area contributed by atoms with Crippen molar-refractivity contribution in [1.82, 2.24) is 0 Å². The summed E-state index contributed by atoms with van der Waals surface area (Å²) < 4.78 is 48.0. The predicted molar refractivity (Wildman–Crippen MR) is 54.7 cm³/mol. The molecule has 2 rings (SSSR count). The molecule has 0 amide bonds. The van der Waals surface area contributed by atoms with Gasteiger partial charge in [-0.05, 0) is 24.3 Å². The molecule has 1 aliphatic rings. The Bertz CT molecular complexity index is 370. The lowest BCUT2D eigenvalue weighted by molar-refractivity contribution is -0.137. The molecule has 5 heteroatoms. The standard InChI is InChI=1S/C12H12F3O2/c13-12(14,15)9-2-1-3-11(8-9)17-10-4-6-16-7-5-10/h2-3,8,10H,4-7H2. The molecule has 1 radical (unpaired) electrons. The Morgan fingerprint density at radius 2 is 1.94 bits per heavy atom. The third-order valence-corrected chi connectivity index (χ3v) is 2.56. The van der Waals surface area contributed by atoms with Crippen LogP contribution in [0.25, 0.3) is 0 Å². The van der Waals surface area contributed by atoms with E-state index >= 15 is 0 Å². The molecule has 1 heterocycles. The van der Waals surface area contributed by atoms with Crippen molar-refractivity contribution in [3.8, 4) is 5.75 Å². The summed E-state index contributed by atoms with van der Waals surface area (Å²) in [6.45, 7) is 1.18. The molecule has 0 unspecified atom stereocenters. The molecule has 1 aromatic rings. The summed E-state index contributed by atoms with van der Waals surface area (Å²) in [5.74, 6) is 0.215. The summed E-state index contributed by atoms with van der Waals surface area (Å²) >= 11 is 0. The molecule has 0 aromatic heterocycles. The van der Waals surface area contributed by atoms with Crippen molar-refractivity contribution in [2.45, 2.75) is 25.1 Å². The van der Waals surface area contributed by atoms with Crippen LogP contribution >= 0.6 is 0 Å². The van der Waals surface area contributed by atoms with Gasteiger partial charge in [-0.3, -0.25) is 0 Å². The van der Waals surface area contributed by atoms with Crippen LogP contribution in [-0.2, 0) is 10.9 Å². The Hall–Kier alpha value is -1.23. The Balaban J connectivity index is 2.05. The van der Waals surface area contributed by atoms with E-state index in [-0.39, 0.29) is 11.9 Å². The van der Waals surface area contributed by atoms with Gasteiger partial charge in [0.05, 0.1) is 18.8 Å². The van der Waals surface area contributed by atoms with Crippen LogP contribution in [0.1, 0.15) is 18.4 Å². The smallest absolute Gasteiger partial charge is 0.416 e. The second kappa shape index (κ2) is 4.96. The number of ether oxygens (including phenoxy) is 2. The van der Waals surface area contributed by atoms with Gasteiger partial charge in [-0.1, -0.05) is 0 Å². The van der Waals surface area contributed by atoms with Gasteiger partial charge in [0.1, 0.15) is 11.9 Å². The lowest BCUT2D eigenvalue weighted by Crippen LogP contribution is -2.26. The van der Waals surface area contributed by atoms with Crippen LogP contribution in [0.2, 0.25) is 0 Å². The van der Waals surface area contributed by atoms with Gasteiger partial charge in [0.15, 0.2) is 0 Å². The lowest BCUT2D eigenvalue weighted by Gasteiger charge is -2.23. The van der Waals surface area contributed by atoms with E-state index in [1.54, 1.807) is 0 Å². The number of rotatable bonds is 2. The first-order valence-electron chi connectivity index (χ1n) is 5.38. The number of benzene rings is 1. The summed E-state index contributed by atoms with van der Waals surface area (Å²) in [7, 11) is 0. The van der Waals surface area contributed by atoms with E-state index in [1.807, 2.05) is 0 Å². The molecule has 0 aliphatic carbocycles. The van der Waals surface area contributed by atoms with Crippen LogP contribution < -0.4 is 4.74 Å². The second-order valence-corrected chi connectivity index (χ2v) is 3.88. The topological polar surface area (TPSA) is 18.5 Å². The molecule has 1 saturated heterocycles. The largest absolute Gasteiger partial charge is 0.490 e. The van der Waals surface area contributed by atoms with Crippen molar-refractivity contribution < 1.29 is 22.6 Å². The van der Waals surface area contributed by atoms with E-state index in [0.29, 0.717) is 26.1 Å². The van der Waals surface area contributed by atoms with Crippen molar-refractivity contribution in [2.24, 2.45) is 0 Å². The summed E-state index contributed by atoms with van der Waals surface area (Å²) in [5.41, 5.74) is -0.734. The molecule has 93 valence electrons. The van der Waals surface area contributed by atoms with Gasteiger partial charge in [-0.2, -0.15) is 13.2 Å². The Labute approximate surface area is 97.3 Å². The number of halogens is 3. The highest BCUT2D eigenvalue weighted by Crippen LogP contribution is 2.31. The van der Waals surface area contributed by atoms with Crippen molar-refractivity contribution >= 4 is 0 Å². The van der Waals surface area contributed by atoms with Gasteiger partial charge in [-0.15, -0.1) is 0 Å². The van der Waals surface area contributed by atoms with E-state index in [1.165, 1.54) is 6.07 Å². The number of alkyl halides is 3. The molecule has 1 aliphatic heterocycles. The van der Waals surface area contributed by atoms with Crippen LogP contribution in [-0.4, -0.2) is 19.3 Å². The zero-order valence-electron chi connectivity index (χ0n) is 9.09. The van der Waals surface area contributed by atoms with E-state index in [9.17, 15) is 13.2 Å². The quantitative estimate of drug-likeness (QED) is 0.797. The average molecular weight is 245 g/mol. The van der Waals surface area contributed by atoms with E-state index in [2.05, 4.69) is 6.07 Å². The molecule has 0 bridgehead atoms. The third-order valence-electron chi connectivity index (χ3n) is 2.56. The van der Waals surface area contributed by atoms with Crippen molar-refractivity contribution in [1.29, 1.82) is 0 Å². The van der Waals surface area contributed by atoms with Gasteiger partial charge in [-0.25, -0.2) is 0 Å². The maximum atomic E-state index is 12.5. The predicted octanol–water partition coefficient (Wildman–Crippen LogP) is 3.06. The fraction of sp³-hybridized carbons (Fsp3) is 0.500. The third kappa shape index (κ3) is 3.36. The highest BCUT2D eigenvalue weighted by atomic mass is 19.4. The Morgan fingerprint density at radius 1 is 1.24 bits per heavy atom. The maximum Gasteiger partial charge on any atom is 0.416 e. The van der Waals surface area contributed by atoms with Gasteiger partial charge >= 0.3 is 6.18 Å². The second-order valence-electron chi connectivity index (χ2n) is 3.88. The zero-order chi connectivity index (χ0) is 12.3. The highest BCUT2D eigenvalue weighted by molar-refractivity contribution is 5.29. The van der Waals surface area contributed by atoms with E-state index < -0.39 is 11.7 Å². The molecule has 0 atom stereocenters. The van der Waals surface area contributed by atoms with E-state index in [0.717, 1.165) is 12.1 Å². The Kier molecular flexibility index (Phi) is 3.57. The van der Waals surface area contributed by atoms with Crippen LogP contribution in [0.4, 0.5) is 13.2 Å². The molecule has 0 spiro atoms. The molecular weight excluding hydrogens is 233 g/mol. The lowest BCUT2D eigenvalue weighted by atomic mass is 10.1. The summed E-state index contributed by atoms with van der Waals surface area (Å²) in [6, 6.07) is 5.79. The van der Waals surface area contributed by atoms with Crippen LogP contribution in [0.15, 0.2) is 18.2 Å². The SMILES string of the molecule is FC(F)(F)c1c[c]cc(OC2CCOCC2)c1. The minimum atomic E-state index is -4.36. The summed E-state index contributed by atoms with van der Waals surface area (Å²) in [5, 5.41) is 0. The van der Waals surface area contributed by atoms with Crippen molar-refractivity contribution in [3.05, 3.63) is 29.8 Å². The minimum Gasteiger partial charge on any atom is -0.490 e. The van der Waals surface area contributed by atoms with Crippen molar-refractivity contribution in [2.75, 3.05) is 13.2 Å². The first kappa shape index (κ1) is 12.2. The highest BCUT2D eigenvalue weighted by Gasteiger charge is 2.30. The van der Waals surface area contributed by atoms with Crippen LogP contribution in [0, 0.1) is 6.07 Å². The minimum absolute atomic E-state index is 0.0689. The van der Waals surface area contributed by atoms with Crippen LogP contribution in [0.3, 0.4) is 0 Å². The first-order valence-corrected chi connectivity index (χ1v) is 5.38. The van der Waals surface area contributed by atoms with Gasteiger partial charge < -0.3 is 9.47 Å². The molecular formula is C12H12F3O2. The van der Waals surface area contributed by atoms with E-state index in [4.69, 9.17) is 9.47 Å². The summed E-state index contributed by atoms with van der Waals surface area (Å²) in [4.78, 5) is 0. The fourth-order valence-electron chi connectivity index (χ4n) is 1.67. The van der Waals surface area contributed by atoms with Gasteiger partial charge in [0, 0.05) is 12.8 Å². The van der Waals surface area contributed by atoms with Gasteiger partial charge in [0.25, 0.3) is 0 Å². The molecule has 2 nitrogen and oxygen atoms in total. The average Bonchev–Trinajstić information content (AvgIpc) is 2.29. The number of hydrogen-bond acceptors (Lipinski definition) is 2.